The van der Waals surface area contributed by atoms with Crippen LogP contribution in [-0.4, -0.2) is 33.0 Å². The topological polar surface area (TPSA) is 83.6 Å². The quantitative estimate of drug-likeness (QED) is 0.403. The van der Waals surface area contributed by atoms with E-state index in [0.717, 1.165) is 23.9 Å². The first-order chi connectivity index (χ1) is 14.3. The molecule has 1 N–H and O–H groups in total. The molecule has 1 heterocycles. The zero-order valence-electron chi connectivity index (χ0n) is 15.2. The predicted molar refractivity (Wildman–Crippen MR) is 109 cm³/mol. The smallest absolute Gasteiger partial charge is 0.342 e. The number of carbonyl (C=O) groups is 1. The molecule has 0 aliphatic heterocycles. The van der Waals surface area contributed by atoms with Crippen LogP contribution in [0.5, 0.6) is 0 Å². The van der Waals surface area contributed by atoms with E-state index >= 15 is 0 Å². The van der Waals surface area contributed by atoms with Gasteiger partial charge in [-0.3, -0.25) is 9.36 Å². The summed E-state index contributed by atoms with van der Waals surface area (Å²) in [4.78, 5) is 11.8. The maximum atomic E-state index is 13.2. The highest BCUT2D eigenvalue weighted by Gasteiger charge is 2.31. The molecule has 0 fully saturated rings. The second-order valence-electron chi connectivity index (χ2n) is 5.89. The number of thioether (sulfide) groups is 1. The molecule has 0 aliphatic rings. The number of benzene rings is 2. The van der Waals surface area contributed by atoms with E-state index in [2.05, 4.69) is 31.4 Å². The Morgan fingerprint density at radius 1 is 1.20 bits per heavy atom. The molecule has 0 aliphatic carbocycles. The number of nitrogens with one attached hydrogen (secondary N) is 1. The molecule has 0 saturated heterocycles. The SMILES string of the molecule is N#CCNC(=O)CSc1nnc(-c2ccccc2Br)n1-c1cccc(C(F)(F)F)c1. The van der Waals surface area contributed by atoms with Crippen molar-refractivity contribution in [3.63, 3.8) is 0 Å². The van der Waals surface area contributed by atoms with Crippen LogP contribution in [0.1, 0.15) is 5.56 Å². The van der Waals surface area contributed by atoms with Crippen molar-refractivity contribution in [3.8, 4) is 23.1 Å². The van der Waals surface area contributed by atoms with Gasteiger partial charge in [0.1, 0.15) is 6.54 Å². The molecule has 0 unspecified atom stereocenters. The molecule has 0 saturated carbocycles. The van der Waals surface area contributed by atoms with E-state index in [-0.39, 0.29) is 23.1 Å². The van der Waals surface area contributed by atoms with Gasteiger partial charge in [-0.05, 0) is 24.3 Å². The molecular weight excluding hydrogens is 483 g/mol. The highest BCUT2D eigenvalue weighted by molar-refractivity contribution is 9.10. The Kier molecular flexibility index (Phi) is 6.79. The number of nitrogens with zero attached hydrogens (tertiary/aromatic N) is 4. The number of hydrogen-bond donors (Lipinski definition) is 1. The third-order valence-electron chi connectivity index (χ3n) is 3.88. The normalized spacial score (nSPS) is 11.2. The predicted octanol–water partition coefficient (Wildman–Crippen LogP) is 4.45. The fourth-order valence-corrected chi connectivity index (χ4v) is 3.80. The average Bonchev–Trinajstić information content (AvgIpc) is 3.14. The van der Waals surface area contributed by atoms with E-state index in [1.807, 2.05) is 0 Å². The van der Waals surface area contributed by atoms with Gasteiger partial charge in [0.15, 0.2) is 11.0 Å². The third-order valence-corrected chi connectivity index (χ3v) is 5.50. The van der Waals surface area contributed by atoms with Gasteiger partial charge in [-0.25, -0.2) is 0 Å². The Bertz CT molecular complexity index is 1110. The Morgan fingerprint density at radius 3 is 2.67 bits per heavy atom. The first-order valence-corrected chi connectivity index (χ1v) is 10.2. The number of nitriles is 1. The van der Waals surface area contributed by atoms with Crippen molar-refractivity contribution in [3.05, 3.63) is 58.6 Å². The molecule has 1 aromatic heterocycles. The summed E-state index contributed by atoms with van der Waals surface area (Å²) in [7, 11) is 0. The van der Waals surface area contributed by atoms with Crippen LogP contribution in [0.4, 0.5) is 13.2 Å². The van der Waals surface area contributed by atoms with Gasteiger partial charge in [0.2, 0.25) is 5.91 Å². The molecule has 3 rings (SSSR count). The lowest BCUT2D eigenvalue weighted by Gasteiger charge is -2.13. The monoisotopic (exact) mass is 495 g/mol. The van der Waals surface area contributed by atoms with Crippen LogP contribution in [0.3, 0.4) is 0 Å². The summed E-state index contributed by atoms with van der Waals surface area (Å²) >= 11 is 4.43. The summed E-state index contributed by atoms with van der Waals surface area (Å²) in [6.45, 7) is -0.137. The van der Waals surface area contributed by atoms with Crippen molar-refractivity contribution in [2.75, 3.05) is 12.3 Å². The third kappa shape index (κ3) is 5.01. The van der Waals surface area contributed by atoms with Crippen molar-refractivity contribution in [1.82, 2.24) is 20.1 Å². The molecule has 0 spiro atoms. The summed E-state index contributed by atoms with van der Waals surface area (Å²) in [5, 5.41) is 19.4. The summed E-state index contributed by atoms with van der Waals surface area (Å²) in [5.41, 5.74) is 0.0261. The molecule has 1 amide bonds. The molecular formula is C19H13BrF3N5OS. The van der Waals surface area contributed by atoms with E-state index in [1.165, 1.54) is 16.7 Å². The van der Waals surface area contributed by atoms with Crippen LogP contribution in [0, 0.1) is 11.3 Å². The molecule has 154 valence electrons. The van der Waals surface area contributed by atoms with Crippen molar-refractivity contribution in [2.24, 2.45) is 0 Å². The van der Waals surface area contributed by atoms with E-state index in [1.54, 1.807) is 30.3 Å². The van der Waals surface area contributed by atoms with Crippen molar-refractivity contribution >= 4 is 33.6 Å². The lowest BCUT2D eigenvalue weighted by Crippen LogP contribution is -2.25. The maximum Gasteiger partial charge on any atom is 0.416 e. The standard InChI is InChI=1S/C19H13BrF3N5OS/c20-15-7-2-1-6-14(15)17-26-27-18(30-11-16(29)25-9-8-24)28(17)13-5-3-4-12(10-13)19(21,22)23/h1-7,10H,9,11H2,(H,25,29). The summed E-state index contributed by atoms with van der Waals surface area (Å²) in [6.07, 6.45) is -4.51. The summed E-state index contributed by atoms with van der Waals surface area (Å²) < 4.78 is 41.9. The number of amides is 1. The number of carbonyl (C=O) groups excluding carboxylic acids is 1. The Morgan fingerprint density at radius 2 is 1.97 bits per heavy atom. The van der Waals surface area contributed by atoms with Crippen molar-refractivity contribution in [2.45, 2.75) is 11.3 Å². The lowest BCUT2D eigenvalue weighted by atomic mass is 10.1. The number of halogens is 4. The van der Waals surface area contributed by atoms with Gasteiger partial charge < -0.3 is 5.32 Å². The van der Waals surface area contributed by atoms with Gasteiger partial charge >= 0.3 is 6.18 Å². The Hall–Kier alpha value is -2.84. The van der Waals surface area contributed by atoms with Crippen molar-refractivity contribution in [1.29, 1.82) is 5.26 Å². The summed E-state index contributed by atoms with van der Waals surface area (Å²) in [5.74, 6) is -0.154. The summed E-state index contributed by atoms with van der Waals surface area (Å²) in [6, 6.07) is 13.7. The molecule has 0 bridgehead atoms. The maximum absolute atomic E-state index is 13.2. The highest BCUT2D eigenvalue weighted by Crippen LogP contribution is 2.35. The van der Waals surface area contributed by atoms with Crippen molar-refractivity contribution < 1.29 is 18.0 Å². The van der Waals surface area contributed by atoms with E-state index in [4.69, 9.17) is 5.26 Å². The first kappa shape index (κ1) is 21.9. The molecule has 0 radical (unpaired) electrons. The molecule has 3 aromatic rings. The van der Waals surface area contributed by atoms with E-state index in [0.29, 0.717) is 15.9 Å². The van der Waals surface area contributed by atoms with E-state index in [9.17, 15) is 18.0 Å². The largest absolute Gasteiger partial charge is 0.416 e. The van der Waals surface area contributed by atoms with Crippen LogP contribution in [-0.2, 0) is 11.0 Å². The van der Waals surface area contributed by atoms with Crippen LogP contribution in [0.2, 0.25) is 0 Å². The first-order valence-electron chi connectivity index (χ1n) is 8.45. The molecule has 6 nitrogen and oxygen atoms in total. The molecule has 30 heavy (non-hydrogen) atoms. The minimum atomic E-state index is -4.51. The number of aromatic nitrogens is 3. The van der Waals surface area contributed by atoms with Gasteiger partial charge in [-0.15, -0.1) is 10.2 Å². The lowest BCUT2D eigenvalue weighted by molar-refractivity contribution is -0.137. The Labute approximate surface area is 182 Å². The molecule has 11 heteroatoms. The number of alkyl halides is 3. The van der Waals surface area contributed by atoms with Crippen LogP contribution >= 0.6 is 27.7 Å². The second kappa shape index (κ2) is 9.32. The zero-order chi connectivity index (χ0) is 21.7. The fraction of sp³-hybridized carbons (Fsp3) is 0.158. The average molecular weight is 496 g/mol. The number of hydrogen-bond acceptors (Lipinski definition) is 5. The van der Waals surface area contributed by atoms with Gasteiger partial charge in [0, 0.05) is 10.0 Å². The van der Waals surface area contributed by atoms with Crippen LogP contribution in [0.25, 0.3) is 17.1 Å². The molecule has 2 aromatic carbocycles. The van der Waals surface area contributed by atoms with Gasteiger partial charge in [-0.1, -0.05) is 52.0 Å². The second-order valence-corrected chi connectivity index (χ2v) is 7.69. The minimum Gasteiger partial charge on any atom is -0.342 e. The minimum absolute atomic E-state index is 0.0747. The fourth-order valence-electron chi connectivity index (χ4n) is 2.55. The van der Waals surface area contributed by atoms with Crippen LogP contribution in [0.15, 0.2) is 58.2 Å². The van der Waals surface area contributed by atoms with E-state index < -0.39 is 17.6 Å². The molecule has 0 atom stereocenters. The van der Waals surface area contributed by atoms with Gasteiger partial charge in [0.05, 0.1) is 23.1 Å². The Balaban J connectivity index is 2.06. The zero-order valence-corrected chi connectivity index (χ0v) is 17.6. The van der Waals surface area contributed by atoms with Gasteiger partial charge in [0.25, 0.3) is 0 Å². The highest BCUT2D eigenvalue weighted by atomic mass is 79.9. The number of rotatable bonds is 6. The van der Waals surface area contributed by atoms with Crippen LogP contribution < -0.4 is 5.32 Å². The van der Waals surface area contributed by atoms with Gasteiger partial charge in [-0.2, -0.15) is 18.4 Å².